The highest BCUT2D eigenvalue weighted by molar-refractivity contribution is 6.43. The highest BCUT2D eigenvalue weighted by Crippen LogP contribution is 2.35. The monoisotopic (exact) mass is 297 g/mol. The fourth-order valence-electron chi connectivity index (χ4n) is 1.89. The van der Waals surface area contributed by atoms with Crippen LogP contribution in [-0.4, -0.2) is 6.54 Å². The number of hydrogen-bond donors (Lipinski definition) is 1. The van der Waals surface area contributed by atoms with E-state index in [4.69, 9.17) is 27.6 Å². The van der Waals surface area contributed by atoms with E-state index in [0.717, 1.165) is 30.0 Å². The minimum Gasteiger partial charge on any atom is -0.459 e. The molecule has 19 heavy (non-hydrogen) atoms. The Morgan fingerprint density at radius 2 is 2.00 bits per heavy atom. The topological polar surface area (TPSA) is 25.2 Å². The van der Waals surface area contributed by atoms with Crippen LogP contribution in [0.25, 0.3) is 11.3 Å². The summed E-state index contributed by atoms with van der Waals surface area (Å²) in [6.45, 7) is 5.19. The first kappa shape index (κ1) is 14.4. The predicted molar refractivity (Wildman–Crippen MR) is 80.9 cm³/mol. The van der Waals surface area contributed by atoms with E-state index in [9.17, 15) is 0 Å². The van der Waals surface area contributed by atoms with Gasteiger partial charge >= 0.3 is 0 Å². The van der Waals surface area contributed by atoms with Crippen molar-refractivity contribution in [2.75, 3.05) is 6.54 Å². The molecule has 0 radical (unpaired) electrons. The summed E-state index contributed by atoms with van der Waals surface area (Å²) in [5.74, 6) is 1.65. The molecule has 1 N–H and O–H groups in total. The zero-order chi connectivity index (χ0) is 13.8. The molecule has 102 valence electrons. The third-order valence-electron chi connectivity index (χ3n) is 2.97. The molecule has 1 heterocycles. The molecule has 1 aromatic heterocycles. The van der Waals surface area contributed by atoms with Gasteiger partial charge in [0.25, 0.3) is 0 Å². The lowest BCUT2D eigenvalue weighted by molar-refractivity contribution is 0.439. The van der Waals surface area contributed by atoms with Crippen molar-refractivity contribution < 1.29 is 4.42 Å². The van der Waals surface area contributed by atoms with Crippen LogP contribution in [-0.2, 0) is 0 Å². The second kappa shape index (κ2) is 6.47. The van der Waals surface area contributed by atoms with Crippen molar-refractivity contribution in [1.29, 1.82) is 0 Å². The molecule has 0 bridgehead atoms. The summed E-state index contributed by atoms with van der Waals surface area (Å²) in [4.78, 5) is 0. The van der Waals surface area contributed by atoms with Crippen LogP contribution in [0.15, 0.2) is 34.7 Å². The first-order valence-electron chi connectivity index (χ1n) is 6.41. The maximum absolute atomic E-state index is 6.19. The summed E-state index contributed by atoms with van der Waals surface area (Å²) in [5.41, 5.74) is 0.822. The number of rotatable bonds is 5. The Bertz CT molecular complexity index is 551. The smallest absolute Gasteiger partial charge is 0.135 e. The summed E-state index contributed by atoms with van der Waals surface area (Å²) in [6.07, 6.45) is 1.10. The van der Waals surface area contributed by atoms with E-state index in [2.05, 4.69) is 19.2 Å². The lowest BCUT2D eigenvalue weighted by Crippen LogP contribution is -2.18. The Morgan fingerprint density at radius 1 is 1.21 bits per heavy atom. The SMILES string of the molecule is CCCNC(C)c1ccc(-c2cccc(Cl)c2Cl)o1. The van der Waals surface area contributed by atoms with Gasteiger partial charge in [-0.05, 0) is 44.2 Å². The zero-order valence-corrected chi connectivity index (χ0v) is 12.6. The summed E-state index contributed by atoms with van der Waals surface area (Å²) in [6, 6.07) is 9.62. The standard InChI is InChI=1S/C15H17Cl2NO/c1-3-9-18-10(2)13-7-8-14(19-13)11-5-4-6-12(16)15(11)17/h4-8,10,18H,3,9H2,1-2H3. The van der Waals surface area contributed by atoms with Crippen molar-refractivity contribution in [2.24, 2.45) is 0 Å². The number of halogens is 2. The number of nitrogens with one attached hydrogen (secondary N) is 1. The Hall–Kier alpha value is -0.960. The van der Waals surface area contributed by atoms with Gasteiger partial charge in [-0.1, -0.05) is 36.2 Å². The zero-order valence-electron chi connectivity index (χ0n) is 11.0. The average Bonchev–Trinajstić information content (AvgIpc) is 2.88. The van der Waals surface area contributed by atoms with E-state index in [1.165, 1.54) is 0 Å². The molecule has 1 unspecified atom stereocenters. The molecule has 0 aliphatic carbocycles. The van der Waals surface area contributed by atoms with Crippen LogP contribution < -0.4 is 5.32 Å². The number of furan rings is 1. The molecular formula is C15H17Cl2NO. The number of hydrogen-bond acceptors (Lipinski definition) is 2. The van der Waals surface area contributed by atoms with Crippen LogP contribution in [0.5, 0.6) is 0 Å². The highest BCUT2D eigenvalue weighted by atomic mass is 35.5. The van der Waals surface area contributed by atoms with Gasteiger partial charge in [-0.2, -0.15) is 0 Å². The molecule has 0 fully saturated rings. The Morgan fingerprint density at radius 3 is 2.74 bits per heavy atom. The lowest BCUT2D eigenvalue weighted by atomic mass is 10.2. The highest BCUT2D eigenvalue weighted by Gasteiger charge is 2.13. The van der Waals surface area contributed by atoms with Crippen molar-refractivity contribution in [1.82, 2.24) is 5.32 Å². The molecule has 0 spiro atoms. The minimum absolute atomic E-state index is 0.187. The largest absolute Gasteiger partial charge is 0.459 e. The summed E-state index contributed by atoms with van der Waals surface area (Å²) in [7, 11) is 0. The average molecular weight is 298 g/mol. The second-order valence-corrected chi connectivity index (χ2v) is 5.26. The molecular weight excluding hydrogens is 281 g/mol. The van der Waals surface area contributed by atoms with Crippen molar-refractivity contribution >= 4 is 23.2 Å². The first-order chi connectivity index (χ1) is 9.13. The summed E-state index contributed by atoms with van der Waals surface area (Å²) >= 11 is 12.2. The maximum Gasteiger partial charge on any atom is 0.135 e. The summed E-state index contributed by atoms with van der Waals surface area (Å²) in [5, 5.41) is 4.45. The molecule has 0 saturated heterocycles. The quantitative estimate of drug-likeness (QED) is 0.808. The van der Waals surface area contributed by atoms with Crippen LogP contribution >= 0.6 is 23.2 Å². The molecule has 1 aromatic carbocycles. The molecule has 0 saturated carbocycles. The van der Waals surface area contributed by atoms with Crippen molar-refractivity contribution in [3.8, 4) is 11.3 Å². The summed E-state index contributed by atoms with van der Waals surface area (Å²) < 4.78 is 5.86. The molecule has 0 aliphatic heterocycles. The van der Waals surface area contributed by atoms with Crippen LogP contribution in [0.3, 0.4) is 0 Å². The molecule has 1 atom stereocenters. The van der Waals surface area contributed by atoms with E-state index in [0.29, 0.717) is 10.0 Å². The maximum atomic E-state index is 6.19. The van der Waals surface area contributed by atoms with Gasteiger partial charge in [0, 0.05) is 5.56 Å². The van der Waals surface area contributed by atoms with Gasteiger partial charge in [0.1, 0.15) is 11.5 Å². The molecule has 2 aromatic rings. The van der Waals surface area contributed by atoms with Crippen LogP contribution in [0.2, 0.25) is 10.0 Å². The van der Waals surface area contributed by atoms with Crippen LogP contribution in [0.4, 0.5) is 0 Å². The fraction of sp³-hybridized carbons (Fsp3) is 0.333. The molecule has 0 amide bonds. The normalized spacial score (nSPS) is 12.6. The minimum atomic E-state index is 0.187. The second-order valence-electron chi connectivity index (χ2n) is 4.48. The Balaban J connectivity index is 2.23. The first-order valence-corrected chi connectivity index (χ1v) is 7.16. The third kappa shape index (κ3) is 3.33. The van der Waals surface area contributed by atoms with Crippen molar-refractivity contribution in [3.05, 3.63) is 46.1 Å². The molecule has 0 aliphatic rings. The van der Waals surface area contributed by atoms with E-state index >= 15 is 0 Å². The van der Waals surface area contributed by atoms with E-state index in [1.54, 1.807) is 6.07 Å². The molecule has 4 heteroatoms. The third-order valence-corrected chi connectivity index (χ3v) is 3.79. The van der Waals surface area contributed by atoms with Gasteiger partial charge in [0.2, 0.25) is 0 Å². The fourth-order valence-corrected chi connectivity index (χ4v) is 2.28. The van der Waals surface area contributed by atoms with E-state index < -0.39 is 0 Å². The van der Waals surface area contributed by atoms with Gasteiger partial charge in [-0.15, -0.1) is 0 Å². The lowest BCUT2D eigenvalue weighted by Gasteiger charge is -2.10. The van der Waals surface area contributed by atoms with Gasteiger partial charge in [-0.25, -0.2) is 0 Å². The van der Waals surface area contributed by atoms with Gasteiger partial charge in [-0.3, -0.25) is 0 Å². The van der Waals surface area contributed by atoms with Crippen LogP contribution in [0, 0.1) is 0 Å². The van der Waals surface area contributed by atoms with Gasteiger partial charge in [0.05, 0.1) is 16.1 Å². The molecule has 2 rings (SSSR count). The van der Waals surface area contributed by atoms with Crippen LogP contribution in [0.1, 0.15) is 32.1 Å². The predicted octanol–water partition coefficient (Wildman–Crippen LogP) is 5.31. The van der Waals surface area contributed by atoms with Crippen molar-refractivity contribution in [2.45, 2.75) is 26.3 Å². The van der Waals surface area contributed by atoms with E-state index in [1.807, 2.05) is 24.3 Å². The van der Waals surface area contributed by atoms with Gasteiger partial charge in [0.15, 0.2) is 0 Å². The number of benzene rings is 1. The molecule has 2 nitrogen and oxygen atoms in total. The Labute approximate surface area is 123 Å². The van der Waals surface area contributed by atoms with Crippen molar-refractivity contribution in [3.63, 3.8) is 0 Å². The van der Waals surface area contributed by atoms with E-state index in [-0.39, 0.29) is 6.04 Å². The Kier molecular flexibility index (Phi) is 4.92. The van der Waals surface area contributed by atoms with Gasteiger partial charge < -0.3 is 9.73 Å².